The number of fused-ring (bicyclic) bond motifs is 1. The van der Waals surface area contributed by atoms with Gasteiger partial charge in [0.1, 0.15) is 11.4 Å². The molecule has 0 unspecified atom stereocenters. The molecule has 5 heteroatoms. The number of halogens is 1. The first-order valence-electron chi connectivity index (χ1n) is 8.48. The number of likely N-dealkylation sites (tertiary alicyclic amines) is 1. The molecule has 1 aromatic carbocycles. The van der Waals surface area contributed by atoms with Gasteiger partial charge in [-0.3, -0.25) is 0 Å². The lowest BCUT2D eigenvalue weighted by atomic mass is 9.73. The molecule has 1 aliphatic carbocycles. The van der Waals surface area contributed by atoms with Gasteiger partial charge < -0.3 is 14.7 Å². The second-order valence-corrected chi connectivity index (χ2v) is 6.43. The highest BCUT2D eigenvalue weighted by molar-refractivity contribution is 5.68. The molecule has 2 fully saturated rings. The van der Waals surface area contributed by atoms with Gasteiger partial charge in [-0.15, -0.1) is 0 Å². The normalized spacial score (nSPS) is 28.7. The van der Waals surface area contributed by atoms with E-state index in [-0.39, 0.29) is 23.9 Å². The summed E-state index contributed by atoms with van der Waals surface area (Å²) in [5, 5.41) is 11.1. The molecule has 2 aliphatic rings. The molecule has 1 amide bonds. The first-order chi connectivity index (χ1) is 11.5. The Morgan fingerprint density at radius 2 is 2.33 bits per heavy atom. The van der Waals surface area contributed by atoms with Crippen LogP contribution in [0.3, 0.4) is 0 Å². The summed E-state index contributed by atoms with van der Waals surface area (Å²) >= 11 is 0. The van der Waals surface area contributed by atoms with Gasteiger partial charge >= 0.3 is 6.09 Å². The number of hydrogen-bond acceptors (Lipinski definition) is 3. The number of amides is 1. The predicted molar refractivity (Wildman–Crippen MR) is 87.7 cm³/mol. The maximum absolute atomic E-state index is 13.3. The summed E-state index contributed by atoms with van der Waals surface area (Å²) in [7, 11) is 0. The molecule has 24 heavy (non-hydrogen) atoms. The molecule has 1 aromatic rings. The van der Waals surface area contributed by atoms with Crippen LogP contribution in [-0.2, 0) is 4.74 Å². The Bertz CT molecular complexity index is 681. The molecule has 0 aromatic heterocycles. The third-order valence-corrected chi connectivity index (χ3v) is 4.97. The van der Waals surface area contributed by atoms with E-state index < -0.39 is 5.60 Å². The quantitative estimate of drug-likeness (QED) is 0.805. The van der Waals surface area contributed by atoms with Crippen LogP contribution in [0.1, 0.15) is 38.2 Å². The van der Waals surface area contributed by atoms with Crippen molar-refractivity contribution >= 4 is 6.09 Å². The van der Waals surface area contributed by atoms with Crippen LogP contribution in [0.2, 0.25) is 0 Å². The van der Waals surface area contributed by atoms with Crippen molar-refractivity contribution in [3.05, 3.63) is 35.6 Å². The van der Waals surface area contributed by atoms with Crippen LogP contribution < -0.4 is 0 Å². The van der Waals surface area contributed by atoms with Crippen LogP contribution in [0.15, 0.2) is 24.3 Å². The second-order valence-electron chi connectivity index (χ2n) is 6.43. The standard InChI is InChI=1S/C19H22FNO3/c1-2-24-18(22)21-12-9-16-17(21)7-4-10-19(16,23)11-8-14-5-3-6-15(20)13-14/h3,5-6,13,16-17,23H,2,4,7,9-10,12H2,1H3/t16-,17-,19-/m0/s1. The molecule has 1 aliphatic heterocycles. The van der Waals surface area contributed by atoms with Crippen molar-refractivity contribution in [2.75, 3.05) is 13.2 Å². The van der Waals surface area contributed by atoms with E-state index >= 15 is 0 Å². The Balaban J connectivity index is 1.80. The molecule has 1 heterocycles. The Labute approximate surface area is 141 Å². The molecule has 1 saturated carbocycles. The highest BCUT2D eigenvalue weighted by atomic mass is 19.1. The fraction of sp³-hybridized carbons (Fsp3) is 0.526. The summed E-state index contributed by atoms with van der Waals surface area (Å²) < 4.78 is 18.4. The smallest absolute Gasteiger partial charge is 0.410 e. The number of nitrogens with zero attached hydrogens (tertiary/aromatic N) is 1. The average molecular weight is 331 g/mol. The molecule has 128 valence electrons. The molecule has 1 saturated heterocycles. The number of carbonyl (C=O) groups is 1. The minimum atomic E-state index is -1.14. The fourth-order valence-corrected chi connectivity index (χ4v) is 3.87. The second kappa shape index (κ2) is 6.82. The number of benzene rings is 1. The van der Waals surface area contributed by atoms with Gasteiger partial charge in [-0.05, 0) is 50.8 Å². The molecule has 0 radical (unpaired) electrons. The first kappa shape index (κ1) is 16.8. The van der Waals surface area contributed by atoms with E-state index in [1.54, 1.807) is 24.0 Å². The lowest BCUT2D eigenvalue weighted by Gasteiger charge is -2.39. The Morgan fingerprint density at radius 3 is 3.08 bits per heavy atom. The van der Waals surface area contributed by atoms with E-state index in [1.165, 1.54) is 12.1 Å². The Kier molecular flexibility index (Phi) is 4.77. The van der Waals surface area contributed by atoms with Crippen molar-refractivity contribution in [3.63, 3.8) is 0 Å². The van der Waals surface area contributed by atoms with Crippen molar-refractivity contribution < 1.29 is 19.0 Å². The van der Waals surface area contributed by atoms with Crippen LogP contribution in [0.5, 0.6) is 0 Å². The summed E-state index contributed by atoms with van der Waals surface area (Å²) in [6, 6.07) is 6.01. The first-order valence-corrected chi connectivity index (χ1v) is 8.48. The van der Waals surface area contributed by atoms with Crippen LogP contribution in [0, 0.1) is 23.6 Å². The summed E-state index contributed by atoms with van der Waals surface area (Å²) in [6.45, 7) is 2.71. The number of ether oxygens (including phenoxy) is 1. The van der Waals surface area contributed by atoms with Crippen molar-refractivity contribution in [2.45, 2.75) is 44.2 Å². The van der Waals surface area contributed by atoms with E-state index in [4.69, 9.17) is 4.74 Å². The van der Waals surface area contributed by atoms with E-state index in [1.807, 2.05) is 0 Å². The van der Waals surface area contributed by atoms with E-state index in [0.29, 0.717) is 31.6 Å². The maximum atomic E-state index is 13.3. The van der Waals surface area contributed by atoms with Crippen LogP contribution in [0.4, 0.5) is 9.18 Å². The molecular weight excluding hydrogens is 309 g/mol. The zero-order chi connectivity index (χ0) is 17.2. The lowest BCUT2D eigenvalue weighted by molar-refractivity contribution is -0.0145. The van der Waals surface area contributed by atoms with Crippen LogP contribution in [-0.4, -0.2) is 40.9 Å². The van der Waals surface area contributed by atoms with E-state index in [0.717, 1.165) is 12.8 Å². The Hall–Kier alpha value is -2.06. The topological polar surface area (TPSA) is 49.8 Å². The van der Waals surface area contributed by atoms with E-state index in [2.05, 4.69) is 11.8 Å². The highest BCUT2D eigenvalue weighted by Crippen LogP contribution is 2.42. The molecule has 3 atom stereocenters. The third kappa shape index (κ3) is 3.25. The lowest BCUT2D eigenvalue weighted by Crippen LogP contribution is -2.49. The van der Waals surface area contributed by atoms with Crippen molar-refractivity contribution in [1.29, 1.82) is 0 Å². The summed E-state index contributed by atoms with van der Waals surface area (Å²) in [6.07, 6.45) is 2.62. The van der Waals surface area contributed by atoms with Gasteiger partial charge in [0.15, 0.2) is 0 Å². The van der Waals surface area contributed by atoms with Gasteiger partial charge in [-0.25, -0.2) is 9.18 Å². The molecule has 0 spiro atoms. The summed E-state index contributed by atoms with van der Waals surface area (Å²) in [5.41, 5.74) is -0.595. The van der Waals surface area contributed by atoms with Gasteiger partial charge in [0.25, 0.3) is 0 Å². The van der Waals surface area contributed by atoms with Gasteiger partial charge in [0, 0.05) is 24.1 Å². The molecule has 0 bridgehead atoms. The van der Waals surface area contributed by atoms with Gasteiger partial charge in [-0.1, -0.05) is 17.9 Å². The SMILES string of the molecule is CCOC(=O)N1CC[C@H]2[C@@H]1CCC[C@]2(O)C#Cc1cccc(F)c1. The number of aliphatic hydroxyl groups is 1. The largest absolute Gasteiger partial charge is 0.450 e. The van der Waals surface area contributed by atoms with Crippen molar-refractivity contribution in [1.82, 2.24) is 4.90 Å². The van der Waals surface area contributed by atoms with Gasteiger partial charge in [0.05, 0.1) is 6.61 Å². The minimum absolute atomic E-state index is 0.0374. The van der Waals surface area contributed by atoms with Gasteiger partial charge in [-0.2, -0.15) is 0 Å². The Morgan fingerprint density at radius 1 is 1.50 bits per heavy atom. The monoisotopic (exact) mass is 331 g/mol. The zero-order valence-corrected chi connectivity index (χ0v) is 13.8. The number of hydrogen-bond donors (Lipinski definition) is 1. The highest BCUT2D eigenvalue weighted by Gasteiger charge is 2.50. The zero-order valence-electron chi connectivity index (χ0n) is 13.8. The predicted octanol–water partition coefficient (Wildman–Crippen LogP) is 2.94. The van der Waals surface area contributed by atoms with Crippen LogP contribution in [0.25, 0.3) is 0 Å². The number of rotatable bonds is 1. The summed E-state index contributed by atoms with van der Waals surface area (Å²) in [4.78, 5) is 13.8. The molecular formula is C19H22FNO3. The maximum Gasteiger partial charge on any atom is 0.410 e. The summed E-state index contributed by atoms with van der Waals surface area (Å²) in [5.74, 6) is 5.44. The number of carbonyl (C=O) groups excluding carboxylic acids is 1. The van der Waals surface area contributed by atoms with Crippen molar-refractivity contribution in [3.8, 4) is 11.8 Å². The fourth-order valence-electron chi connectivity index (χ4n) is 3.87. The minimum Gasteiger partial charge on any atom is -0.450 e. The third-order valence-electron chi connectivity index (χ3n) is 4.97. The van der Waals surface area contributed by atoms with Crippen LogP contribution >= 0.6 is 0 Å². The van der Waals surface area contributed by atoms with E-state index in [9.17, 15) is 14.3 Å². The van der Waals surface area contributed by atoms with Crippen molar-refractivity contribution in [2.24, 2.45) is 5.92 Å². The average Bonchev–Trinajstić information content (AvgIpc) is 2.99. The molecule has 4 nitrogen and oxygen atoms in total. The molecule has 3 rings (SSSR count). The van der Waals surface area contributed by atoms with Gasteiger partial charge in [0.2, 0.25) is 0 Å². The molecule has 1 N–H and O–H groups in total.